The number of carbonyl (C=O) groups excluding carboxylic acids is 1. The first-order valence-electron chi connectivity index (χ1n) is 17.8. The highest BCUT2D eigenvalue weighted by molar-refractivity contribution is 9.10. The molecule has 20 heteroatoms. The highest BCUT2D eigenvalue weighted by atomic mass is 79.9. The van der Waals surface area contributed by atoms with Gasteiger partial charge in [-0.15, -0.1) is 0 Å². The monoisotopic (exact) mass is 862 g/mol. The minimum Gasteiger partial charge on any atom is -0.495 e. The van der Waals surface area contributed by atoms with Gasteiger partial charge in [0.15, 0.2) is 13.7 Å². The number of hydrogen-bond acceptors (Lipinski definition) is 11. The second-order valence-electron chi connectivity index (χ2n) is 15.6. The second kappa shape index (κ2) is 15.4. The molecule has 0 spiro atoms. The van der Waals surface area contributed by atoms with Crippen LogP contribution in [0.25, 0.3) is 0 Å². The summed E-state index contributed by atoms with van der Waals surface area (Å²) in [5.74, 6) is -1.12. The molecule has 1 amide bonds. The number of hydrogen-bond donors (Lipinski definition) is 4. The molecule has 6 rings (SSSR count). The number of amides is 1. The third-order valence-corrected chi connectivity index (χ3v) is 12.5. The van der Waals surface area contributed by atoms with E-state index in [0.29, 0.717) is 35.2 Å². The molecule has 2 aliphatic rings. The lowest BCUT2D eigenvalue weighted by atomic mass is 9.82. The van der Waals surface area contributed by atoms with Crippen LogP contribution in [0.15, 0.2) is 53.5 Å². The van der Waals surface area contributed by atoms with Crippen LogP contribution in [0, 0.1) is 5.41 Å². The van der Waals surface area contributed by atoms with Crippen molar-refractivity contribution in [1.29, 1.82) is 0 Å². The average Bonchev–Trinajstić information content (AvgIpc) is 3.61. The zero-order valence-electron chi connectivity index (χ0n) is 32.0. The van der Waals surface area contributed by atoms with Crippen molar-refractivity contribution in [1.82, 2.24) is 30.0 Å². The van der Waals surface area contributed by atoms with E-state index in [9.17, 15) is 27.4 Å². The van der Waals surface area contributed by atoms with E-state index >= 15 is 0 Å². The van der Waals surface area contributed by atoms with Crippen molar-refractivity contribution in [2.45, 2.75) is 89.4 Å². The van der Waals surface area contributed by atoms with Crippen molar-refractivity contribution < 1.29 is 41.5 Å². The summed E-state index contributed by atoms with van der Waals surface area (Å²) in [5, 5.41) is 11.5. The third-order valence-electron chi connectivity index (χ3n) is 10.7. The number of aromatic nitrogens is 5. The SMILES string of the molecule is CNC(=O)c1nc(Br)ccc1Nc1nc(Nc2ccc(CC(C)(CC3(Cn4cc(B5OC(C)(C)C(C)(C)O5)cn4)CC3)[PH](=O)O)cc2OC)ncc1C(F)(F)F. The number of benzene rings is 1. The Bertz CT molecular complexity index is 2140. The van der Waals surface area contributed by atoms with E-state index in [1.807, 2.05) is 45.5 Å². The van der Waals surface area contributed by atoms with Gasteiger partial charge in [-0.25, -0.2) is 9.97 Å². The molecular weight excluding hydrogens is 819 g/mol. The Labute approximate surface area is 331 Å². The standard InChI is InChI=1S/C36H44BBrF3N8O6P/c1-32(2)33(3,4)55-37(54-32)22-16-44-49(18-22)20-35(12-13-35)19-34(5,56(51)52)15-21-8-9-24(26(14-21)53-7)46-31-43-17-23(36(39,40)41)29(48-31)45-25-10-11-27(38)47-28(25)30(50)42-6/h8-11,14,16-18,56H,12-13,15,19-20H2,1-7H3,(H,42,50)(H,51,52)(H2,43,45,46,48). The molecule has 14 nitrogen and oxygen atoms in total. The molecule has 0 radical (unpaired) electrons. The van der Waals surface area contributed by atoms with Crippen molar-refractivity contribution in [2.24, 2.45) is 5.41 Å². The maximum Gasteiger partial charge on any atom is 0.498 e. The number of halogens is 4. The van der Waals surface area contributed by atoms with Gasteiger partial charge in [0, 0.05) is 42.8 Å². The fourth-order valence-electron chi connectivity index (χ4n) is 6.74. The molecule has 56 heavy (non-hydrogen) atoms. The van der Waals surface area contributed by atoms with Crippen LogP contribution in [-0.2, 0) is 33.0 Å². The minimum atomic E-state index is -4.83. The van der Waals surface area contributed by atoms with E-state index in [-0.39, 0.29) is 29.2 Å². The molecular formula is C36H44BBrF3N8O6P. The van der Waals surface area contributed by atoms with E-state index in [1.54, 1.807) is 24.4 Å². The Morgan fingerprint density at radius 2 is 1.75 bits per heavy atom. The van der Waals surface area contributed by atoms with Gasteiger partial charge in [0.1, 0.15) is 21.7 Å². The number of alkyl halides is 3. The highest BCUT2D eigenvalue weighted by Crippen LogP contribution is 2.58. The number of anilines is 4. The number of ether oxygens (including phenoxy) is 1. The summed E-state index contributed by atoms with van der Waals surface area (Å²) < 4.78 is 75.4. The van der Waals surface area contributed by atoms with E-state index in [4.69, 9.17) is 14.0 Å². The first-order valence-corrected chi connectivity index (χ1v) is 20.0. The predicted octanol–water partition coefficient (Wildman–Crippen LogP) is 6.64. The number of nitrogens with zero attached hydrogens (tertiary/aromatic N) is 5. The minimum absolute atomic E-state index is 0.0141. The summed E-state index contributed by atoms with van der Waals surface area (Å²) >= 11 is 3.18. The lowest BCUT2D eigenvalue weighted by Gasteiger charge is -2.32. The molecule has 1 aromatic carbocycles. The Balaban J connectivity index is 1.18. The van der Waals surface area contributed by atoms with Crippen LogP contribution in [0.1, 0.15) is 75.5 Å². The zero-order valence-corrected chi connectivity index (χ0v) is 34.6. The highest BCUT2D eigenvalue weighted by Gasteiger charge is 2.53. The molecule has 4 N–H and O–H groups in total. The van der Waals surface area contributed by atoms with E-state index in [0.717, 1.165) is 23.9 Å². The molecule has 300 valence electrons. The van der Waals surface area contributed by atoms with Gasteiger partial charge < -0.3 is 34.9 Å². The summed E-state index contributed by atoms with van der Waals surface area (Å²) in [6, 6.07) is 7.98. The van der Waals surface area contributed by atoms with Crippen molar-refractivity contribution >= 4 is 65.6 Å². The van der Waals surface area contributed by atoms with E-state index in [1.165, 1.54) is 26.3 Å². The van der Waals surface area contributed by atoms with E-state index in [2.05, 4.69) is 51.9 Å². The Morgan fingerprint density at radius 3 is 2.36 bits per heavy atom. The normalized spacial score (nSPS) is 18.5. The topological polar surface area (TPSA) is 175 Å². The van der Waals surface area contributed by atoms with Gasteiger partial charge in [-0.1, -0.05) is 13.0 Å². The molecule has 1 saturated heterocycles. The van der Waals surface area contributed by atoms with E-state index < -0.39 is 55.0 Å². The molecule has 1 aliphatic carbocycles. The van der Waals surface area contributed by atoms with Gasteiger partial charge in [-0.2, -0.15) is 23.3 Å². The molecule has 2 fully saturated rings. The van der Waals surface area contributed by atoms with Crippen LogP contribution < -0.4 is 26.2 Å². The lowest BCUT2D eigenvalue weighted by molar-refractivity contribution is -0.137. The number of pyridine rings is 1. The largest absolute Gasteiger partial charge is 0.498 e. The van der Waals surface area contributed by atoms with Gasteiger partial charge in [-0.05, 0) is 105 Å². The molecule has 4 aromatic rings. The Kier molecular flexibility index (Phi) is 11.4. The summed E-state index contributed by atoms with van der Waals surface area (Å²) in [7, 11) is -0.789. The molecule has 2 unspecified atom stereocenters. The fraction of sp³-hybridized carbons (Fsp3) is 0.472. The summed E-state index contributed by atoms with van der Waals surface area (Å²) in [6.07, 6.45) is 1.96. The van der Waals surface area contributed by atoms with Crippen LogP contribution in [0.5, 0.6) is 5.75 Å². The van der Waals surface area contributed by atoms with Crippen LogP contribution in [0.3, 0.4) is 0 Å². The number of nitrogens with one attached hydrogen (secondary N) is 3. The first kappa shape index (κ1) is 41.6. The maximum absolute atomic E-state index is 14.1. The van der Waals surface area contributed by atoms with Crippen molar-refractivity contribution in [2.75, 3.05) is 24.8 Å². The smallest absolute Gasteiger partial charge is 0.495 e. The van der Waals surface area contributed by atoms with Gasteiger partial charge >= 0.3 is 13.3 Å². The third kappa shape index (κ3) is 8.91. The van der Waals surface area contributed by atoms with Crippen LogP contribution in [-0.4, -0.2) is 73.2 Å². The maximum atomic E-state index is 14.1. The molecule has 2 atom stereocenters. The van der Waals surface area contributed by atoms with Crippen molar-refractivity contribution in [3.8, 4) is 5.75 Å². The van der Waals surface area contributed by atoms with Crippen molar-refractivity contribution in [3.63, 3.8) is 0 Å². The average molecular weight is 863 g/mol. The van der Waals surface area contributed by atoms with Gasteiger partial charge in [0.2, 0.25) is 5.95 Å². The number of carbonyl (C=O) groups is 1. The molecule has 0 bridgehead atoms. The van der Waals surface area contributed by atoms with Gasteiger partial charge in [0.25, 0.3) is 5.91 Å². The van der Waals surface area contributed by atoms with Crippen LogP contribution in [0.4, 0.5) is 36.3 Å². The van der Waals surface area contributed by atoms with Crippen LogP contribution >= 0.6 is 24.0 Å². The first-order chi connectivity index (χ1) is 26.2. The molecule has 1 saturated carbocycles. The summed E-state index contributed by atoms with van der Waals surface area (Å²) in [4.78, 5) is 35.3. The Hall–Kier alpha value is -4.03. The predicted molar refractivity (Wildman–Crippen MR) is 209 cm³/mol. The summed E-state index contributed by atoms with van der Waals surface area (Å²) in [6.45, 7) is 10.4. The number of methoxy groups -OCH3 is 1. The number of rotatable bonds is 14. The van der Waals surface area contributed by atoms with Crippen LogP contribution in [0.2, 0.25) is 0 Å². The Morgan fingerprint density at radius 1 is 1.07 bits per heavy atom. The lowest BCUT2D eigenvalue weighted by Crippen LogP contribution is -2.41. The molecule has 4 heterocycles. The fourth-order valence-corrected chi connectivity index (χ4v) is 7.93. The van der Waals surface area contributed by atoms with Crippen molar-refractivity contribution in [3.05, 3.63) is 70.3 Å². The van der Waals surface area contributed by atoms with Gasteiger partial charge in [0.05, 0.1) is 29.7 Å². The van der Waals surface area contributed by atoms with Gasteiger partial charge in [-0.3, -0.25) is 14.0 Å². The summed E-state index contributed by atoms with van der Waals surface area (Å²) in [5.41, 5.74) is -0.654. The second-order valence-corrected chi connectivity index (χ2v) is 18.3. The molecule has 1 aliphatic heterocycles. The quantitative estimate of drug-likeness (QED) is 0.0606. The zero-order chi connectivity index (χ0) is 40.8. The molecule has 3 aromatic heterocycles.